The van der Waals surface area contributed by atoms with Crippen molar-refractivity contribution >= 4 is 29.8 Å². The number of carbonyl (C=O) groups is 5. The topological polar surface area (TPSA) is 192 Å². The average Bonchev–Trinajstić information content (AvgIpc) is 3.24. The minimum atomic E-state index is -2.22. The lowest BCUT2D eigenvalue weighted by Crippen LogP contribution is -2.67. The van der Waals surface area contributed by atoms with Crippen molar-refractivity contribution in [3.05, 3.63) is 35.1 Å². The number of aliphatic hydroxyl groups is 1. The molecule has 41 heavy (non-hydrogen) atoms. The van der Waals surface area contributed by atoms with Crippen LogP contribution in [-0.4, -0.2) is 75.2 Å². The fourth-order valence-corrected chi connectivity index (χ4v) is 6.85. The number of carboxylic acid groups (broad SMARTS) is 1. The van der Waals surface area contributed by atoms with Gasteiger partial charge in [-0.2, -0.15) is 0 Å². The van der Waals surface area contributed by atoms with Crippen LogP contribution in [0.3, 0.4) is 0 Å². The zero-order valence-corrected chi connectivity index (χ0v) is 22.6. The van der Waals surface area contributed by atoms with Crippen molar-refractivity contribution in [3.8, 4) is 11.5 Å². The summed E-state index contributed by atoms with van der Waals surface area (Å²) in [5.74, 6) is -6.24. The van der Waals surface area contributed by atoms with E-state index < -0.39 is 65.3 Å². The van der Waals surface area contributed by atoms with E-state index in [0.29, 0.717) is 12.8 Å². The molecule has 0 radical (unpaired) electrons. The Morgan fingerprint density at radius 3 is 2.37 bits per heavy atom. The molecule has 3 N–H and O–H groups in total. The molecule has 220 valence electrons. The summed E-state index contributed by atoms with van der Waals surface area (Å²) in [5, 5.41) is 32.0. The molecule has 0 amide bonds. The molecule has 0 saturated heterocycles. The number of phenolic OH excluding ortho intramolecular Hbond substituents is 1. The summed E-state index contributed by atoms with van der Waals surface area (Å²) in [6, 6.07) is 3.36. The molecular formula is C28H30O13. The lowest BCUT2D eigenvalue weighted by Gasteiger charge is -2.59. The summed E-state index contributed by atoms with van der Waals surface area (Å²) in [5.41, 5.74) is -0.463. The fraction of sp³-hybridized carbons (Fsp3) is 0.536. The van der Waals surface area contributed by atoms with E-state index in [1.807, 2.05) is 6.07 Å². The highest BCUT2D eigenvalue weighted by molar-refractivity contribution is 5.89. The zero-order chi connectivity index (χ0) is 29.9. The predicted molar refractivity (Wildman–Crippen MR) is 133 cm³/mol. The number of carbonyl (C=O) groups excluding carboxylic acids is 4. The van der Waals surface area contributed by atoms with Gasteiger partial charge < -0.3 is 39.0 Å². The first-order chi connectivity index (χ1) is 19.3. The molecule has 5 rings (SSSR count). The van der Waals surface area contributed by atoms with Gasteiger partial charge in [0.15, 0.2) is 23.7 Å². The first kappa shape index (κ1) is 28.4. The lowest BCUT2D eigenvalue weighted by molar-refractivity contribution is -0.192. The maximum Gasteiger partial charge on any atom is 0.352 e. The molecule has 4 aliphatic rings. The predicted octanol–water partition coefficient (Wildman–Crippen LogP) is 1.19. The number of aromatic hydroxyl groups is 1. The molecule has 2 bridgehead atoms. The second kappa shape index (κ2) is 10.1. The highest BCUT2D eigenvalue weighted by atomic mass is 16.6. The Balaban J connectivity index is 1.37. The van der Waals surface area contributed by atoms with Crippen molar-refractivity contribution in [2.24, 2.45) is 5.92 Å². The Kier molecular flexibility index (Phi) is 6.96. The molecule has 3 aliphatic carbocycles. The summed E-state index contributed by atoms with van der Waals surface area (Å²) >= 11 is 0. The van der Waals surface area contributed by atoms with Gasteiger partial charge in [0.05, 0.1) is 11.0 Å². The lowest BCUT2D eigenvalue weighted by atomic mass is 9.47. The Bertz CT molecular complexity index is 1360. The van der Waals surface area contributed by atoms with Crippen LogP contribution in [0.4, 0.5) is 0 Å². The molecule has 1 saturated carbocycles. The van der Waals surface area contributed by atoms with Crippen LogP contribution in [-0.2, 0) is 54.8 Å². The first-order valence-corrected chi connectivity index (χ1v) is 13.2. The summed E-state index contributed by atoms with van der Waals surface area (Å²) in [6.07, 6.45) is -2.48. The molecule has 1 heterocycles. The molecule has 1 aromatic carbocycles. The number of ether oxygens (including phenoxy) is 5. The highest BCUT2D eigenvalue weighted by Gasteiger charge is 2.71. The van der Waals surface area contributed by atoms with E-state index >= 15 is 0 Å². The monoisotopic (exact) mass is 574 g/mol. The van der Waals surface area contributed by atoms with E-state index in [1.54, 1.807) is 12.1 Å². The van der Waals surface area contributed by atoms with Crippen LogP contribution >= 0.6 is 0 Å². The molecular weight excluding hydrogens is 544 g/mol. The standard InChI is InChI=1S/C28H30O13/c1-12(37-26(35)22(39-14(3)30)21(24(32)33)38-13(2)29)25(34)40-18-8-10-28(36)16-5-4-9-27(28)19-15(11-16)6-7-17(31)20(19)41-23(18)27/h6-8,12,16,21-23,31,36H,4-5,9-11H2,1-3H3,(H,32,33)/t12-,16-,21+,22+,23+,27+,28-/m0/s1. The van der Waals surface area contributed by atoms with E-state index in [9.17, 15) is 39.3 Å². The third-order valence-corrected chi connectivity index (χ3v) is 8.44. The van der Waals surface area contributed by atoms with Gasteiger partial charge in [-0.15, -0.1) is 0 Å². The van der Waals surface area contributed by atoms with Gasteiger partial charge in [-0.25, -0.2) is 14.4 Å². The molecule has 1 spiro atoms. The smallest absolute Gasteiger partial charge is 0.352 e. The average molecular weight is 575 g/mol. The number of aliphatic carboxylic acids is 1. The maximum absolute atomic E-state index is 13.1. The van der Waals surface area contributed by atoms with Gasteiger partial charge in [0, 0.05) is 19.4 Å². The molecule has 7 atom stereocenters. The molecule has 0 unspecified atom stereocenters. The Morgan fingerprint density at radius 1 is 1.02 bits per heavy atom. The molecule has 13 nitrogen and oxygen atoms in total. The van der Waals surface area contributed by atoms with Crippen LogP contribution in [0.2, 0.25) is 0 Å². The molecule has 1 aliphatic heterocycles. The third kappa shape index (κ3) is 4.39. The summed E-state index contributed by atoms with van der Waals surface area (Å²) in [7, 11) is 0. The minimum Gasteiger partial charge on any atom is -0.504 e. The second-order valence-corrected chi connectivity index (χ2v) is 10.8. The van der Waals surface area contributed by atoms with E-state index in [-0.39, 0.29) is 29.6 Å². The number of hydrogen-bond donors (Lipinski definition) is 3. The molecule has 1 aromatic rings. The molecule has 13 heteroatoms. The third-order valence-electron chi connectivity index (χ3n) is 8.44. The fourth-order valence-electron chi connectivity index (χ4n) is 6.85. The van der Waals surface area contributed by atoms with Crippen LogP contribution in [0, 0.1) is 5.92 Å². The highest BCUT2D eigenvalue weighted by Crippen LogP contribution is 2.67. The van der Waals surface area contributed by atoms with E-state index in [2.05, 4.69) is 4.74 Å². The Hall–Kier alpha value is -4.13. The SMILES string of the molecule is CC(=O)O[C@@H](C(=O)O)[C@@H](OC(C)=O)C(=O)O[C@@H](C)C(=O)OC1=CC[C@]2(O)[C@H]3CCC[C@]24c2c(ccc(O)c2O[C@H]14)C3. The molecule has 1 fully saturated rings. The van der Waals surface area contributed by atoms with Crippen LogP contribution in [0.5, 0.6) is 11.5 Å². The maximum atomic E-state index is 13.1. The number of phenols is 1. The minimum absolute atomic E-state index is 0.0589. The van der Waals surface area contributed by atoms with Crippen LogP contribution < -0.4 is 4.74 Å². The first-order valence-electron chi connectivity index (χ1n) is 13.2. The summed E-state index contributed by atoms with van der Waals surface area (Å²) in [4.78, 5) is 60.4. The normalized spacial score (nSPS) is 28.9. The van der Waals surface area contributed by atoms with E-state index in [1.165, 1.54) is 0 Å². The number of carboxylic acids is 1. The van der Waals surface area contributed by atoms with Crippen LogP contribution in [0.15, 0.2) is 24.0 Å². The number of rotatable bonds is 8. The van der Waals surface area contributed by atoms with Crippen molar-refractivity contribution < 1.29 is 63.0 Å². The van der Waals surface area contributed by atoms with Crippen LogP contribution in [0.25, 0.3) is 0 Å². The zero-order valence-electron chi connectivity index (χ0n) is 22.6. The van der Waals surface area contributed by atoms with Gasteiger partial charge in [0.2, 0.25) is 12.2 Å². The summed E-state index contributed by atoms with van der Waals surface area (Å²) in [6.45, 7) is 2.97. The van der Waals surface area contributed by atoms with Gasteiger partial charge in [-0.05, 0) is 56.2 Å². The Morgan fingerprint density at radius 2 is 1.71 bits per heavy atom. The van der Waals surface area contributed by atoms with Crippen molar-refractivity contribution in [1.82, 2.24) is 0 Å². The number of benzene rings is 1. The number of hydrogen-bond acceptors (Lipinski definition) is 12. The van der Waals surface area contributed by atoms with Crippen molar-refractivity contribution in [2.45, 2.75) is 88.3 Å². The van der Waals surface area contributed by atoms with Gasteiger partial charge in [-0.3, -0.25) is 9.59 Å². The van der Waals surface area contributed by atoms with Gasteiger partial charge >= 0.3 is 29.8 Å². The van der Waals surface area contributed by atoms with Gasteiger partial charge in [0.25, 0.3) is 0 Å². The van der Waals surface area contributed by atoms with E-state index in [0.717, 1.165) is 44.7 Å². The largest absolute Gasteiger partial charge is 0.504 e. The van der Waals surface area contributed by atoms with Gasteiger partial charge in [-0.1, -0.05) is 12.5 Å². The summed E-state index contributed by atoms with van der Waals surface area (Å²) < 4.78 is 26.3. The van der Waals surface area contributed by atoms with Gasteiger partial charge in [0.1, 0.15) is 5.76 Å². The second-order valence-electron chi connectivity index (χ2n) is 10.8. The van der Waals surface area contributed by atoms with Crippen molar-refractivity contribution in [1.29, 1.82) is 0 Å². The Labute approximate surface area is 234 Å². The molecule has 0 aromatic heterocycles. The quantitative estimate of drug-likeness (QED) is 0.296. The van der Waals surface area contributed by atoms with Crippen LogP contribution in [0.1, 0.15) is 57.6 Å². The van der Waals surface area contributed by atoms with E-state index in [4.69, 9.17) is 18.9 Å². The van der Waals surface area contributed by atoms with Crippen molar-refractivity contribution in [2.75, 3.05) is 0 Å². The number of esters is 4. The van der Waals surface area contributed by atoms with Crippen molar-refractivity contribution in [3.63, 3.8) is 0 Å².